The molecule has 100 valence electrons. The van der Waals surface area contributed by atoms with E-state index in [1.807, 2.05) is 12.3 Å². The van der Waals surface area contributed by atoms with Crippen LogP contribution in [0.15, 0.2) is 31.0 Å². The Morgan fingerprint density at radius 1 is 1.37 bits per heavy atom. The summed E-state index contributed by atoms with van der Waals surface area (Å²) in [5.74, 6) is 1.14. The molecule has 0 unspecified atom stereocenters. The SMILES string of the molecule is C[C@H](c1ccncn1)N(C)Cc1nccn1C1CC1. The summed E-state index contributed by atoms with van der Waals surface area (Å²) >= 11 is 0. The normalized spacial score (nSPS) is 16.8. The molecule has 1 aliphatic rings. The van der Waals surface area contributed by atoms with Gasteiger partial charge in [0.15, 0.2) is 0 Å². The standard InChI is InChI=1S/C14H19N5/c1-11(13-5-6-15-10-17-13)18(2)9-14-16-7-8-19(14)12-3-4-12/h5-8,10-12H,3-4,9H2,1-2H3/t11-/m1/s1. The lowest BCUT2D eigenvalue weighted by atomic mass is 10.2. The van der Waals surface area contributed by atoms with Crippen LogP contribution in [0.2, 0.25) is 0 Å². The van der Waals surface area contributed by atoms with Crippen LogP contribution in [0.4, 0.5) is 0 Å². The van der Waals surface area contributed by atoms with Crippen LogP contribution in [-0.2, 0) is 6.54 Å². The maximum absolute atomic E-state index is 4.48. The smallest absolute Gasteiger partial charge is 0.123 e. The van der Waals surface area contributed by atoms with Crippen LogP contribution in [0.3, 0.4) is 0 Å². The average molecular weight is 257 g/mol. The van der Waals surface area contributed by atoms with E-state index in [1.165, 1.54) is 12.8 Å². The molecular formula is C14H19N5. The molecule has 0 aromatic carbocycles. The second kappa shape index (κ2) is 5.09. The summed E-state index contributed by atoms with van der Waals surface area (Å²) in [6, 6.07) is 2.90. The van der Waals surface area contributed by atoms with Gasteiger partial charge in [0.2, 0.25) is 0 Å². The largest absolute Gasteiger partial charge is 0.331 e. The molecule has 5 nitrogen and oxygen atoms in total. The first-order valence-corrected chi connectivity index (χ1v) is 6.73. The zero-order valence-corrected chi connectivity index (χ0v) is 11.4. The Kier molecular flexibility index (Phi) is 3.29. The fraction of sp³-hybridized carbons (Fsp3) is 0.500. The zero-order valence-electron chi connectivity index (χ0n) is 11.4. The van der Waals surface area contributed by atoms with Crippen LogP contribution >= 0.6 is 0 Å². The topological polar surface area (TPSA) is 46.8 Å². The summed E-state index contributed by atoms with van der Waals surface area (Å²) in [6.45, 7) is 3.00. The van der Waals surface area contributed by atoms with E-state index in [2.05, 4.69) is 44.6 Å². The minimum atomic E-state index is 0.257. The van der Waals surface area contributed by atoms with E-state index in [9.17, 15) is 0 Å². The highest BCUT2D eigenvalue weighted by Gasteiger charge is 2.26. The highest BCUT2D eigenvalue weighted by atomic mass is 15.2. The number of hydrogen-bond donors (Lipinski definition) is 0. The fourth-order valence-corrected chi connectivity index (χ4v) is 2.29. The molecule has 3 rings (SSSR count). The van der Waals surface area contributed by atoms with E-state index in [0.29, 0.717) is 6.04 Å². The van der Waals surface area contributed by atoms with E-state index >= 15 is 0 Å². The highest BCUT2D eigenvalue weighted by Crippen LogP contribution is 2.35. The Labute approximate surface area is 113 Å². The molecule has 0 N–H and O–H groups in total. The van der Waals surface area contributed by atoms with Gasteiger partial charge in [-0.15, -0.1) is 0 Å². The number of nitrogens with zero attached hydrogens (tertiary/aromatic N) is 5. The van der Waals surface area contributed by atoms with Crippen molar-refractivity contribution in [3.63, 3.8) is 0 Å². The number of hydrogen-bond acceptors (Lipinski definition) is 4. The summed E-state index contributed by atoms with van der Waals surface area (Å²) in [7, 11) is 2.11. The monoisotopic (exact) mass is 257 g/mol. The first-order valence-electron chi connectivity index (χ1n) is 6.73. The zero-order chi connectivity index (χ0) is 13.2. The molecule has 1 fully saturated rings. The lowest BCUT2D eigenvalue weighted by molar-refractivity contribution is 0.239. The second-order valence-corrected chi connectivity index (χ2v) is 5.21. The van der Waals surface area contributed by atoms with Crippen LogP contribution in [0.25, 0.3) is 0 Å². The van der Waals surface area contributed by atoms with Crippen LogP contribution in [-0.4, -0.2) is 31.5 Å². The first-order chi connectivity index (χ1) is 9.25. The van der Waals surface area contributed by atoms with Crippen LogP contribution < -0.4 is 0 Å². The predicted molar refractivity (Wildman–Crippen MR) is 72.4 cm³/mol. The van der Waals surface area contributed by atoms with Crippen molar-refractivity contribution < 1.29 is 0 Å². The second-order valence-electron chi connectivity index (χ2n) is 5.21. The molecule has 0 spiro atoms. The van der Waals surface area contributed by atoms with Gasteiger partial charge in [-0.3, -0.25) is 4.90 Å². The quantitative estimate of drug-likeness (QED) is 0.824. The molecule has 2 aromatic rings. The Morgan fingerprint density at radius 2 is 2.21 bits per heavy atom. The van der Waals surface area contributed by atoms with Crippen molar-refractivity contribution in [2.75, 3.05) is 7.05 Å². The number of rotatable bonds is 5. The summed E-state index contributed by atoms with van der Waals surface area (Å²) < 4.78 is 2.31. The van der Waals surface area contributed by atoms with Gasteiger partial charge >= 0.3 is 0 Å². The van der Waals surface area contributed by atoms with E-state index in [-0.39, 0.29) is 6.04 Å². The minimum absolute atomic E-state index is 0.257. The predicted octanol–water partition coefficient (Wildman–Crippen LogP) is 2.20. The van der Waals surface area contributed by atoms with Gasteiger partial charge in [-0.05, 0) is 32.9 Å². The van der Waals surface area contributed by atoms with Crippen LogP contribution in [0, 0.1) is 0 Å². The van der Waals surface area contributed by atoms with Gasteiger partial charge in [-0.25, -0.2) is 15.0 Å². The first kappa shape index (κ1) is 12.3. The fourth-order valence-electron chi connectivity index (χ4n) is 2.29. The Bertz CT molecular complexity index is 532. The van der Waals surface area contributed by atoms with Crippen LogP contribution in [0.1, 0.15) is 43.4 Å². The Morgan fingerprint density at radius 3 is 2.89 bits per heavy atom. The molecule has 1 saturated carbocycles. The van der Waals surface area contributed by atoms with Crippen molar-refractivity contribution in [2.24, 2.45) is 0 Å². The molecule has 0 amide bonds. The summed E-state index contributed by atoms with van der Waals surface area (Å²) in [4.78, 5) is 15.0. The summed E-state index contributed by atoms with van der Waals surface area (Å²) in [5.41, 5.74) is 1.04. The Balaban J connectivity index is 1.70. The van der Waals surface area contributed by atoms with Crippen molar-refractivity contribution in [3.05, 3.63) is 42.5 Å². The molecule has 5 heteroatoms. The molecule has 0 saturated heterocycles. The van der Waals surface area contributed by atoms with Gasteiger partial charge in [0.1, 0.15) is 12.2 Å². The summed E-state index contributed by atoms with van der Waals surface area (Å²) in [6.07, 6.45) is 9.96. The third kappa shape index (κ3) is 2.66. The molecule has 0 aliphatic heterocycles. The van der Waals surface area contributed by atoms with Crippen molar-refractivity contribution in [1.29, 1.82) is 0 Å². The Hall–Kier alpha value is -1.75. The van der Waals surface area contributed by atoms with Gasteiger partial charge in [-0.1, -0.05) is 0 Å². The molecule has 0 bridgehead atoms. The van der Waals surface area contributed by atoms with E-state index in [0.717, 1.165) is 18.1 Å². The van der Waals surface area contributed by atoms with Gasteiger partial charge in [0.25, 0.3) is 0 Å². The third-order valence-electron chi connectivity index (χ3n) is 3.77. The number of imidazole rings is 1. The maximum atomic E-state index is 4.48. The number of aromatic nitrogens is 4. The third-order valence-corrected chi connectivity index (χ3v) is 3.77. The van der Waals surface area contributed by atoms with Gasteiger partial charge < -0.3 is 4.57 Å². The molecule has 1 atom stereocenters. The van der Waals surface area contributed by atoms with Gasteiger partial charge in [0.05, 0.1) is 12.2 Å². The molecule has 1 aliphatic carbocycles. The summed E-state index contributed by atoms with van der Waals surface area (Å²) in [5, 5.41) is 0. The molecular weight excluding hydrogens is 238 g/mol. The van der Waals surface area contributed by atoms with Crippen molar-refractivity contribution in [3.8, 4) is 0 Å². The van der Waals surface area contributed by atoms with E-state index < -0.39 is 0 Å². The van der Waals surface area contributed by atoms with Crippen molar-refractivity contribution >= 4 is 0 Å². The minimum Gasteiger partial charge on any atom is -0.331 e. The molecule has 0 radical (unpaired) electrons. The lowest BCUT2D eigenvalue weighted by Crippen LogP contribution is -2.24. The van der Waals surface area contributed by atoms with Crippen molar-refractivity contribution in [1.82, 2.24) is 24.4 Å². The average Bonchev–Trinajstić information content (AvgIpc) is 3.19. The molecule has 2 heterocycles. The van der Waals surface area contributed by atoms with E-state index in [4.69, 9.17) is 0 Å². The van der Waals surface area contributed by atoms with Gasteiger partial charge in [0, 0.05) is 30.7 Å². The maximum Gasteiger partial charge on any atom is 0.123 e. The highest BCUT2D eigenvalue weighted by molar-refractivity contribution is 5.05. The van der Waals surface area contributed by atoms with E-state index in [1.54, 1.807) is 12.5 Å². The lowest BCUT2D eigenvalue weighted by Gasteiger charge is -2.24. The van der Waals surface area contributed by atoms with Gasteiger partial charge in [-0.2, -0.15) is 0 Å². The molecule has 19 heavy (non-hydrogen) atoms. The van der Waals surface area contributed by atoms with Crippen molar-refractivity contribution in [2.45, 2.75) is 38.4 Å². The molecule has 2 aromatic heterocycles. The van der Waals surface area contributed by atoms with Crippen LogP contribution in [0.5, 0.6) is 0 Å².